The number of hydrogen-bond acceptors (Lipinski definition) is 3. The molecule has 0 atom stereocenters. The predicted octanol–water partition coefficient (Wildman–Crippen LogP) is 2.39. The van der Waals surface area contributed by atoms with Crippen LogP contribution >= 0.6 is 0 Å². The molecule has 5 nitrogen and oxygen atoms in total. The Bertz CT molecular complexity index is 782. The van der Waals surface area contributed by atoms with E-state index in [9.17, 15) is 4.79 Å². The van der Waals surface area contributed by atoms with E-state index in [1.54, 1.807) is 0 Å². The molecule has 19 heavy (non-hydrogen) atoms. The topological polar surface area (TPSA) is 63.6 Å². The first-order chi connectivity index (χ1) is 9.10. The van der Waals surface area contributed by atoms with Crippen LogP contribution in [0, 0.1) is 13.8 Å². The molecule has 0 saturated carbocycles. The van der Waals surface area contributed by atoms with Crippen molar-refractivity contribution in [1.29, 1.82) is 0 Å². The van der Waals surface area contributed by atoms with E-state index in [0.29, 0.717) is 5.69 Å². The second-order valence-electron chi connectivity index (χ2n) is 4.62. The number of aldehydes is 1. The summed E-state index contributed by atoms with van der Waals surface area (Å²) in [7, 11) is 1.91. The van der Waals surface area contributed by atoms with Crippen LogP contribution < -0.4 is 0 Å². The highest BCUT2D eigenvalue weighted by Crippen LogP contribution is 2.26. The maximum Gasteiger partial charge on any atom is 0.170 e. The zero-order chi connectivity index (χ0) is 13.6. The molecule has 3 aromatic rings. The maximum atomic E-state index is 11.1. The zero-order valence-corrected chi connectivity index (χ0v) is 11.1. The smallest absolute Gasteiger partial charge is 0.170 e. The molecule has 3 rings (SSSR count). The zero-order valence-electron chi connectivity index (χ0n) is 11.1. The molecule has 0 aliphatic carbocycles. The van der Waals surface area contributed by atoms with Crippen molar-refractivity contribution in [3.8, 4) is 11.3 Å². The second-order valence-corrected chi connectivity index (χ2v) is 4.62. The van der Waals surface area contributed by atoms with E-state index >= 15 is 0 Å². The van der Waals surface area contributed by atoms with Crippen LogP contribution in [-0.4, -0.2) is 25.8 Å². The molecule has 0 amide bonds. The molecule has 0 bridgehead atoms. The third kappa shape index (κ3) is 1.74. The first kappa shape index (κ1) is 11.6. The van der Waals surface area contributed by atoms with Crippen LogP contribution in [0.3, 0.4) is 0 Å². The molecule has 0 aliphatic rings. The quantitative estimate of drug-likeness (QED) is 0.714. The molecule has 2 heterocycles. The van der Waals surface area contributed by atoms with Gasteiger partial charge in [0.1, 0.15) is 17.3 Å². The summed E-state index contributed by atoms with van der Waals surface area (Å²) in [5, 5.41) is 0. The lowest BCUT2D eigenvalue weighted by Gasteiger charge is -2.04. The summed E-state index contributed by atoms with van der Waals surface area (Å²) in [6, 6.07) is 5.91. The van der Waals surface area contributed by atoms with Crippen LogP contribution in [0.15, 0.2) is 18.2 Å². The fourth-order valence-electron chi connectivity index (χ4n) is 2.34. The third-order valence-corrected chi connectivity index (χ3v) is 3.33. The van der Waals surface area contributed by atoms with Crippen LogP contribution in [0.5, 0.6) is 0 Å². The minimum absolute atomic E-state index is 0.468. The molecule has 0 saturated heterocycles. The van der Waals surface area contributed by atoms with Gasteiger partial charge in [-0.25, -0.2) is 9.97 Å². The molecule has 1 aromatic carbocycles. The number of fused-ring (bicyclic) bond motifs is 1. The fraction of sp³-hybridized carbons (Fsp3) is 0.214. The fourth-order valence-corrected chi connectivity index (χ4v) is 2.34. The number of carbonyl (C=O) groups is 1. The molecule has 2 aromatic heterocycles. The lowest BCUT2D eigenvalue weighted by molar-refractivity contribution is 0.112. The Morgan fingerprint density at radius 1 is 1.26 bits per heavy atom. The molecule has 96 valence electrons. The van der Waals surface area contributed by atoms with Gasteiger partial charge in [-0.2, -0.15) is 0 Å². The lowest BCUT2D eigenvalue weighted by Crippen LogP contribution is -1.95. The van der Waals surface area contributed by atoms with Crippen molar-refractivity contribution in [1.82, 2.24) is 19.5 Å². The van der Waals surface area contributed by atoms with Gasteiger partial charge in [0.15, 0.2) is 6.29 Å². The van der Waals surface area contributed by atoms with E-state index in [1.807, 2.05) is 43.7 Å². The van der Waals surface area contributed by atoms with Crippen LogP contribution in [0.25, 0.3) is 22.3 Å². The highest BCUT2D eigenvalue weighted by atomic mass is 16.1. The molecular weight excluding hydrogens is 240 g/mol. The molecule has 0 fully saturated rings. The average Bonchev–Trinajstić information content (AvgIpc) is 2.88. The van der Waals surface area contributed by atoms with Gasteiger partial charge >= 0.3 is 0 Å². The number of benzene rings is 1. The van der Waals surface area contributed by atoms with Crippen LogP contribution in [-0.2, 0) is 7.05 Å². The first-order valence-corrected chi connectivity index (χ1v) is 6.05. The van der Waals surface area contributed by atoms with Crippen LogP contribution in [0.1, 0.15) is 22.1 Å². The molecule has 0 aliphatic heterocycles. The van der Waals surface area contributed by atoms with Gasteiger partial charge < -0.3 is 9.55 Å². The third-order valence-electron chi connectivity index (χ3n) is 3.33. The number of aromatic nitrogens is 4. The van der Waals surface area contributed by atoms with Gasteiger partial charge in [-0.3, -0.25) is 4.79 Å². The van der Waals surface area contributed by atoms with Crippen LogP contribution in [0.4, 0.5) is 0 Å². The minimum atomic E-state index is 0.468. The Kier molecular flexibility index (Phi) is 2.48. The number of hydrogen-bond donors (Lipinski definition) is 1. The Balaban J connectivity index is 2.26. The normalized spacial score (nSPS) is 11.1. The van der Waals surface area contributed by atoms with E-state index in [2.05, 4.69) is 15.0 Å². The Hall–Kier alpha value is -2.43. The second kappa shape index (κ2) is 4.05. The highest BCUT2D eigenvalue weighted by molar-refractivity contribution is 5.88. The van der Waals surface area contributed by atoms with Crippen molar-refractivity contribution in [3.05, 3.63) is 35.5 Å². The summed E-state index contributed by atoms with van der Waals surface area (Å²) < 4.78 is 1.92. The van der Waals surface area contributed by atoms with E-state index in [0.717, 1.165) is 40.2 Å². The molecule has 0 spiro atoms. The van der Waals surface area contributed by atoms with Crippen molar-refractivity contribution < 1.29 is 4.79 Å². The van der Waals surface area contributed by atoms with Gasteiger partial charge in [-0.05, 0) is 26.0 Å². The lowest BCUT2D eigenvalue weighted by atomic mass is 10.1. The van der Waals surface area contributed by atoms with Crippen molar-refractivity contribution in [2.24, 2.45) is 7.05 Å². The Morgan fingerprint density at radius 3 is 2.79 bits per heavy atom. The maximum absolute atomic E-state index is 11.1. The van der Waals surface area contributed by atoms with Gasteiger partial charge in [0.05, 0.1) is 16.7 Å². The van der Waals surface area contributed by atoms with Gasteiger partial charge in [0, 0.05) is 12.6 Å². The summed E-state index contributed by atoms with van der Waals surface area (Å²) >= 11 is 0. The Labute approximate surface area is 110 Å². The van der Waals surface area contributed by atoms with Gasteiger partial charge in [-0.1, -0.05) is 6.07 Å². The minimum Gasteiger partial charge on any atom is -0.342 e. The van der Waals surface area contributed by atoms with Gasteiger partial charge in [0.2, 0.25) is 0 Å². The van der Waals surface area contributed by atoms with Crippen molar-refractivity contribution in [2.75, 3.05) is 0 Å². The van der Waals surface area contributed by atoms with Gasteiger partial charge in [0.25, 0.3) is 0 Å². The number of rotatable bonds is 2. The summed E-state index contributed by atoms with van der Waals surface area (Å²) in [5.74, 6) is 1.70. The molecule has 0 unspecified atom stereocenters. The summed E-state index contributed by atoms with van der Waals surface area (Å²) in [4.78, 5) is 23.0. The SMILES string of the molecule is Cc1nc2ccc(-c3c(C=O)nc(C)n3C)cc2[nH]1. The number of aromatic amines is 1. The molecule has 1 N–H and O–H groups in total. The van der Waals surface area contributed by atoms with Crippen molar-refractivity contribution in [3.63, 3.8) is 0 Å². The van der Waals surface area contributed by atoms with Crippen LogP contribution in [0.2, 0.25) is 0 Å². The van der Waals surface area contributed by atoms with E-state index in [1.165, 1.54) is 0 Å². The number of nitrogens with one attached hydrogen (secondary N) is 1. The van der Waals surface area contributed by atoms with E-state index in [4.69, 9.17) is 0 Å². The molecule has 0 radical (unpaired) electrons. The monoisotopic (exact) mass is 254 g/mol. The van der Waals surface area contributed by atoms with Gasteiger partial charge in [-0.15, -0.1) is 0 Å². The summed E-state index contributed by atoms with van der Waals surface area (Å²) in [5.41, 5.74) is 4.15. The van der Waals surface area contributed by atoms with Crippen molar-refractivity contribution in [2.45, 2.75) is 13.8 Å². The number of carbonyl (C=O) groups excluding carboxylic acids is 1. The molecule has 5 heteroatoms. The largest absolute Gasteiger partial charge is 0.342 e. The van der Waals surface area contributed by atoms with E-state index in [-0.39, 0.29) is 0 Å². The van der Waals surface area contributed by atoms with E-state index < -0.39 is 0 Å². The summed E-state index contributed by atoms with van der Waals surface area (Å²) in [6.07, 6.45) is 0.796. The number of nitrogens with zero attached hydrogens (tertiary/aromatic N) is 3. The van der Waals surface area contributed by atoms with Crippen molar-refractivity contribution >= 4 is 17.3 Å². The first-order valence-electron chi connectivity index (χ1n) is 6.05. The molecular formula is C14H14N4O. The average molecular weight is 254 g/mol. The predicted molar refractivity (Wildman–Crippen MR) is 73.2 cm³/mol. The summed E-state index contributed by atoms with van der Waals surface area (Å²) in [6.45, 7) is 3.81. The standard InChI is InChI=1S/C14H14N4O/c1-8-15-11-5-4-10(6-12(11)16-8)14-13(7-19)17-9(2)18(14)3/h4-7H,1-3H3,(H,15,16). The Morgan fingerprint density at radius 2 is 2.05 bits per heavy atom. The highest BCUT2D eigenvalue weighted by Gasteiger charge is 2.14. The number of aryl methyl sites for hydroxylation is 2. The number of H-pyrrole nitrogens is 1. The number of imidazole rings is 2.